The van der Waals surface area contributed by atoms with E-state index >= 15 is 0 Å². The zero-order chi connectivity index (χ0) is 17.0. The minimum absolute atomic E-state index is 0.00598. The molecular formula is C15H18FN3O3S. The molecule has 0 aliphatic heterocycles. The molecule has 1 atom stereocenters. The van der Waals surface area contributed by atoms with Crippen LogP contribution in [0, 0.1) is 5.82 Å². The van der Waals surface area contributed by atoms with Crippen LogP contribution in [0.3, 0.4) is 0 Å². The summed E-state index contributed by atoms with van der Waals surface area (Å²) in [5.74, 6) is -0.877. The minimum atomic E-state index is -3.67. The first-order chi connectivity index (χ1) is 10.8. The minimum Gasteiger partial charge on any atom is -0.352 e. The molecule has 1 aromatic heterocycles. The zero-order valence-electron chi connectivity index (χ0n) is 12.9. The van der Waals surface area contributed by atoms with E-state index in [0.717, 1.165) is 17.7 Å². The van der Waals surface area contributed by atoms with E-state index in [9.17, 15) is 17.6 Å². The highest BCUT2D eigenvalue weighted by molar-refractivity contribution is 7.92. The largest absolute Gasteiger partial charge is 0.352 e. The van der Waals surface area contributed by atoms with Crippen molar-refractivity contribution in [3.63, 3.8) is 0 Å². The van der Waals surface area contributed by atoms with E-state index in [1.165, 1.54) is 19.1 Å². The number of halogens is 1. The Hall–Kier alpha value is -2.22. The lowest BCUT2D eigenvalue weighted by atomic mass is 10.3. The molecule has 2 rings (SSSR count). The number of rotatable bonds is 6. The Bertz CT molecular complexity index is 785. The fraction of sp³-hybridized carbons (Fsp3) is 0.333. The molecule has 0 saturated heterocycles. The number of amides is 1. The molecule has 1 N–H and O–H groups in total. The molecule has 0 aliphatic rings. The van der Waals surface area contributed by atoms with Crippen molar-refractivity contribution in [3.05, 3.63) is 48.0 Å². The molecule has 0 unspecified atom stereocenters. The summed E-state index contributed by atoms with van der Waals surface area (Å²) in [7, 11) is -1.91. The molecule has 0 fully saturated rings. The summed E-state index contributed by atoms with van der Waals surface area (Å²) in [5, 5.41) is 5.74. The van der Waals surface area contributed by atoms with Crippen LogP contribution in [-0.2, 0) is 28.2 Å². The second kappa shape index (κ2) is 6.91. The van der Waals surface area contributed by atoms with Gasteiger partial charge >= 0.3 is 0 Å². The molecule has 23 heavy (non-hydrogen) atoms. The SMILES string of the molecule is C[C@H](CC(=O)NCc1cnn(C)c1)S(=O)(=O)c1ccc(F)cc1. The average molecular weight is 339 g/mol. The molecule has 2 aromatic rings. The number of nitrogens with one attached hydrogen (secondary N) is 1. The van der Waals surface area contributed by atoms with E-state index in [1.807, 2.05) is 0 Å². The fourth-order valence-corrected chi connectivity index (χ4v) is 3.41. The first-order valence-corrected chi connectivity index (χ1v) is 8.57. The molecule has 1 amide bonds. The van der Waals surface area contributed by atoms with Crippen LogP contribution in [0.25, 0.3) is 0 Å². The first-order valence-electron chi connectivity index (χ1n) is 7.02. The van der Waals surface area contributed by atoms with Gasteiger partial charge in [0.15, 0.2) is 9.84 Å². The van der Waals surface area contributed by atoms with Crippen molar-refractivity contribution in [1.29, 1.82) is 0 Å². The third kappa shape index (κ3) is 4.38. The summed E-state index contributed by atoms with van der Waals surface area (Å²) in [5.41, 5.74) is 0.829. The summed E-state index contributed by atoms with van der Waals surface area (Å²) in [6.45, 7) is 1.75. The summed E-state index contributed by atoms with van der Waals surface area (Å²) in [6.07, 6.45) is 3.22. The van der Waals surface area contributed by atoms with Gasteiger partial charge in [0.1, 0.15) is 5.82 Å². The Labute approximate surface area is 134 Å². The normalized spacial score (nSPS) is 12.8. The van der Waals surface area contributed by atoms with Gasteiger partial charge in [-0.15, -0.1) is 0 Å². The standard InChI is InChI=1S/C15H18FN3O3S/c1-11(23(21,22)14-5-3-13(16)4-6-14)7-15(20)17-8-12-9-18-19(2)10-12/h3-6,9-11H,7-8H2,1-2H3,(H,17,20)/t11-/m1/s1. The van der Waals surface area contributed by atoms with Crippen LogP contribution in [0.4, 0.5) is 4.39 Å². The van der Waals surface area contributed by atoms with Crippen LogP contribution in [0.15, 0.2) is 41.6 Å². The highest BCUT2D eigenvalue weighted by atomic mass is 32.2. The quantitative estimate of drug-likeness (QED) is 0.807. The number of aromatic nitrogens is 2. The van der Waals surface area contributed by atoms with Gasteiger partial charge < -0.3 is 5.32 Å². The maximum atomic E-state index is 12.9. The van der Waals surface area contributed by atoms with Gasteiger partial charge in [-0.1, -0.05) is 0 Å². The zero-order valence-corrected chi connectivity index (χ0v) is 13.7. The van der Waals surface area contributed by atoms with Crippen LogP contribution in [0.2, 0.25) is 0 Å². The summed E-state index contributed by atoms with van der Waals surface area (Å²) >= 11 is 0. The van der Waals surface area contributed by atoms with Crippen LogP contribution in [0.1, 0.15) is 18.9 Å². The van der Waals surface area contributed by atoms with Gasteiger partial charge in [-0.25, -0.2) is 12.8 Å². The Balaban J connectivity index is 1.95. The van der Waals surface area contributed by atoms with Crippen molar-refractivity contribution in [2.24, 2.45) is 7.05 Å². The molecule has 0 saturated carbocycles. The third-order valence-electron chi connectivity index (χ3n) is 3.39. The van der Waals surface area contributed by atoms with Crippen molar-refractivity contribution >= 4 is 15.7 Å². The molecule has 124 valence electrons. The van der Waals surface area contributed by atoms with Crippen molar-refractivity contribution < 1.29 is 17.6 Å². The molecule has 1 aromatic carbocycles. The second-order valence-corrected chi connectivity index (χ2v) is 7.68. The molecule has 6 nitrogen and oxygen atoms in total. The molecule has 0 aliphatic carbocycles. The number of carbonyl (C=O) groups is 1. The number of nitrogens with zero attached hydrogens (tertiary/aromatic N) is 2. The van der Waals surface area contributed by atoms with Gasteiger partial charge in [0.25, 0.3) is 0 Å². The lowest BCUT2D eigenvalue weighted by Gasteiger charge is -2.13. The van der Waals surface area contributed by atoms with Crippen molar-refractivity contribution in [3.8, 4) is 0 Å². The van der Waals surface area contributed by atoms with Crippen molar-refractivity contribution in [2.75, 3.05) is 0 Å². The predicted molar refractivity (Wildman–Crippen MR) is 82.7 cm³/mol. The van der Waals surface area contributed by atoms with E-state index in [-0.39, 0.29) is 23.8 Å². The van der Waals surface area contributed by atoms with Crippen molar-refractivity contribution in [1.82, 2.24) is 15.1 Å². The summed E-state index contributed by atoms with van der Waals surface area (Å²) in [4.78, 5) is 11.9. The number of carbonyl (C=O) groups excluding carboxylic acids is 1. The summed E-state index contributed by atoms with van der Waals surface area (Å²) < 4.78 is 39.2. The predicted octanol–water partition coefficient (Wildman–Crippen LogP) is 1.43. The topological polar surface area (TPSA) is 81.1 Å². The van der Waals surface area contributed by atoms with E-state index in [1.54, 1.807) is 24.1 Å². The highest BCUT2D eigenvalue weighted by Gasteiger charge is 2.25. The van der Waals surface area contributed by atoms with E-state index in [2.05, 4.69) is 10.4 Å². The second-order valence-electron chi connectivity index (χ2n) is 5.31. The van der Waals surface area contributed by atoms with Gasteiger partial charge in [0.2, 0.25) is 5.91 Å². The van der Waals surface area contributed by atoms with E-state index in [4.69, 9.17) is 0 Å². The van der Waals surface area contributed by atoms with E-state index in [0.29, 0.717) is 0 Å². The van der Waals surface area contributed by atoms with Gasteiger partial charge in [0, 0.05) is 31.8 Å². The fourth-order valence-electron chi connectivity index (χ4n) is 2.06. The first kappa shape index (κ1) is 17.1. The summed E-state index contributed by atoms with van der Waals surface area (Å²) in [6, 6.07) is 4.58. The van der Waals surface area contributed by atoms with Crippen LogP contribution >= 0.6 is 0 Å². The Kier molecular flexibility index (Phi) is 5.15. The number of benzene rings is 1. The highest BCUT2D eigenvalue weighted by Crippen LogP contribution is 2.18. The van der Waals surface area contributed by atoms with Gasteiger partial charge in [-0.05, 0) is 31.2 Å². The Morgan fingerprint density at radius 2 is 2.00 bits per heavy atom. The van der Waals surface area contributed by atoms with E-state index < -0.39 is 20.9 Å². The number of aryl methyl sites for hydroxylation is 1. The molecule has 0 spiro atoms. The average Bonchev–Trinajstić information content (AvgIpc) is 2.91. The maximum Gasteiger partial charge on any atom is 0.221 e. The lowest BCUT2D eigenvalue weighted by Crippen LogP contribution is -2.29. The monoisotopic (exact) mass is 339 g/mol. The van der Waals surface area contributed by atoms with Crippen LogP contribution < -0.4 is 5.32 Å². The molecule has 0 bridgehead atoms. The van der Waals surface area contributed by atoms with Crippen LogP contribution in [-0.4, -0.2) is 29.4 Å². The molecular weight excluding hydrogens is 321 g/mol. The third-order valence-corrected chi connectivity index (χ3v) is 5.55. The number of hydrogen-bond donors (Lipinski definition) is 1. The Morgan fingerprint density at radius 3 is 2.57 bits per heavy atom. The van der Waals surface area contributed by atoms with Crippen LogP contribution in [0.5, 0.6) is 0 Å². The lowest BCUT2D eigenvalue weighted by molar-refractivity contribution is -0.121. The maximum absolute atomic E-state index is 12.9. The molecule has 1 heterocycles. The van der Waals surface area contributed by atoms with Gasteiger partial charge in [-0.2, -0.15) is 5.10 Å². The number of hydrogen-bond acceptors (Lipinski definition) is 4. The van der Waals surface area contributed by atoms with Gasteiger partial charge in [0.05, 0.1) is 16.3 Å². The number of sulfone groups is 1. The molecule has 0 radical (unpaired) electrons. The smallest absolute Gasteiger partial charge is 0.221 e. The van der Waals surface area contributed by atoms with Crippen molar-refractivity contribution in [2.45, 2.75) is 30.0 Å². The van der Waals surface area contributed by atoms with Gasteiger partial charge in [-0.3, -0.25) is 9.48 Å². The molecule has 8 heteroatoms. The Morgan fingerprint density at radius 1 is 1.35 bits per heavy atom.